The maximum absolute atomic E-state index is 11.5. The van der Waals surface area contributed by atoms with Crippen LogP contribution in [0.2, 0.25) is 5.02 Å². The van der Waals surface area contributed by atoms with Crippen molar-refractivity contribution in [3.8, 4) is 63.2 Å². The van der Waals surface area contributed by atoms with Crippen LogP contribution in [0.5, 0.6) is 63.2 Å². The zero-order valence-electron chi connectivity index (χ0n) is 76.1. The highest BCUT2D eigenvalue weighted by Gasteiger charge is 2.26. The third-order valence-corrected chi connectivity index (χ3v) is 18.2. The third-order valence-electron chi connectivity index (χ3n) is 16.4. The molecule has 50 nitrogen and oxygen atoms in total. The molecule has 135 heavy (non-hydrogen) atoms. The van der Waals surface area contributed by atoms with Crippen LogP contribution >= 0.6 is 11.6 Å². The number of nitrogens with one attached hydrogen (secondary N) is 2. The van der Waals surface area contributed by atoms with E-state index in [0.717, 1.165) is 5.52 Å². The highest BCUT2D eigenvalue weighted by Crippen LogP contribution is 2.25. The van der Waals surface area contributed by atoms with Crippen LogP contribution in [-0.4, -0.2) is 317 Å². The van der Waals surface area contributed by atoms with E-state index < -0.39 is 33.9 Å². The van der Waals surface area contributed by atoms with Gasteiger partial charge in [-0.25, -0.2) is 97.4 Å². The van der Waals surface area contributed by atoms with E-state index in [1.54, 1.807) is 136 Å². The molecule has 13 aromatic rings. The summed E-state index contributed by atoms with van der Waals surface area (Å²) in [5.74, 6) is 9.94. The first-order chi connectivity index (χ1) is 64.9. The number of aromatic nitrogens is 20. The number of ether oxygens (including phenoxy) is 11. The molecule has 0 saturated carbocycles. The number of aliphatic hydroxyl groups excluding tert-OH is 12. The number of anilines is 2. The molecule has 13 aromatic heterocycles. The minimum atomic E-state index is -3.61. The van der Waals surface area contributed by atoms with Crippen molar-refractivity contribution in [1.82, 2.24) is 104 Å². The number of furan rings is 1. The van der Waals surface area contributed by atoms with Crippen molar-refractivity contribution in [3.63, 3.8) is 0 Å². The number of nitrogens with zero attached hydrogens (tertiary/aromatic N) is 21. The van der Waals surface area contributed by atoms with Crippen LogP contribution in [0.4, 0.5) is 11.9 Å². The van der Waals surface area contributed by atoms with Gasteiger partial charge in [0.1, 0.15) is 70.3 Å². The number of fused-ring (bicyclic) bond motifs is 2. The first-order valence-corrected chi connectivity index (χ1v) is 41.5. The van der Waals surface area contributed by atoms with Gasteiger partial charge in [-0.2, -0.15) is 5.10 Å². The number of methoxy groups -OCH3 is 11. The molecule has 1 aliphatic rings. The Labute approximate surface area is 780 Å². The topological polar surface area (TPSA) is 688 Å². The van der Waals surface area contributed by atoms with Crippen LogP contribution in [0.25, 0.3) is 16.7 Å². The Hall–Kier alpha value is -13.8. The molecule has 52 heteroatoms. The monoisotopic (exact) mass is 1930 g/mol. The highest BCUT2D eigenvalue weighted by atomic mass is 35.5. The summed E-state index contributed by atoms with van der Waals surface area (Å²) in [6.45, 7) is 5.00. The molecule has 1 saturated heterocycles. The Bertz CT molecular complexity index is 5470. The Morgan fingerprint density at radius 1 is 0.481 bits per heavy atom. The molecule has 0 amide bonds. The van der Waals surface area contributed by atoms with Crippen LogP contribution in [-0.2, 0) is 48.5 Å². The van der Waals surface area contributed by atoms with E-state index in [1.807, 2.05) is 4.90 Å². The summed E-state index contributed by atoms with van der Waals surface area (Å²) >= 11 is 5.71. The standard InChI is InChI=1S/C9H9NO3.C8H13N3O3.C8H11N3O2.C8H9N3O2.C8H12N2O4S.C8H12N2O2.C7H8ClNO2.C7H10N2O3.2C7H10N2O2.C6H8N2O2/c1-12-6-3-9-8(10-4-6)2-7(5-11)13-9;1-14-7-3-10-8(11-4-7)9-2-6(13)5-12;1-13-7-2-9-8(10-3-7)11-4-6(12)5-11;1-13-7-3-9-8-6(5-12)2-10-11(8)4-7;1-14-7-4-8(6-9-5-7)15(12,13)10-2-3-11;1-8(2,11)7-9-4-6(12-3)5-10-7;1-11-5-2-6(8)7(4-10)9-3-5;1-12-5-2-8-7(9-3-5)6(11)4-10;1-5(10)7-8-3-6(11-2)4-9-7;1-11-6-4-8-7(2-3-10)9-5-6;1-10-5-2-7-6(4-9)8-3-5/h2-4,11H,5H2,1H3;3-4,6,12-13H,2,5H2,1H3,(H,9,10,11);2-3,6,12H,4-5H2,1H3;2-4,12H,5H2,1H3;4-6,10-11H,2-3H2,1H3;4-5,11H,1-3H3;2-3,10H,4H2,1H3;2-3,6,10-11H,4H2,1H3;3-5,10H,1-2H3;4-5,10H,2-3H2,1H3;2-3,9H,4H2,1H3. The van der Waals surface area contributed by atoms with E-state index >= 15 is 0 Å². The number of pyridine rings is 3. The maximum Gasteiger partial charge on any atom is 0.242 e. The first kappa shape index (κ1) is 114. The molecule has 0 aromatic carbocycles. The van der Waals surface area contributed by atoms with Crippen LogP contribution < -0.4 is 67.0 Å². The normalized spacial score (nSPS) is 11.6. The molecule has 15 N–H and O–H groups in total. The van der Waals surface area contributed by atoms with Gasteiger partial charge in [0.25, 0.3) is 0 Å². The van der Waals surface area contributed by atoms with Crippen LogP contribution in [0, 0.1) is 0 Å². The Balaban J connectivity index is 0.000000311. The molecule has 3 unspecified atom stereocenters. The van der Waals surface area contributed by atoms with Crippen molar-refractivity contribution >= 4 is 50.3 Å². The quantitative estimate of drug-likeness (QED) is 0.0305. The largest absolute Gasteiger partial charge is 0.495 e. The van der Waals surface area contributed by atoms with Crippen molar-refractivity contribution in [2.45, 2.75) is 88.5 Å². The molecule has 14 rings (SSSR count). The molecule has 1 fully saturated rings. The highest BCUT2D eigenvalue weighted by molar-refractivity contribution is 7.89. The Morgan fingerprint density at radius 2 is 0.933 bits per heavy atom. The van der Waals surface area contributed by atoms with Crippen molar-refractivity contribution in [2.75, 3.05) is 141 Å². The lowest BCUT2D eigenvalue weighted by Gasteiger charge is -2.35. The Morgan fingerprint density at radius 3 is 1.37 bits per heavy atom. The lowest BCUT2D eigenvalue weighted by atomic mass is 10.1. The van der Waals surface area contributed by atoms with Gasteiger partial charge in [0.2, 0.25) is 21.9 Å². The number of β-amino-alcohol motifs (C(OH)–C–C–N with tert-alkyl or cyclic N) is 1. The van der Waals surface area contributed by atoms with E-state index in [9.17, 15) is 13.5 Å². The van der Waals surface area contributed by atoms with Gasteiger partial charge in [-0.05, 0) is 20.8 Å². The molecular weight excluding hydrogens is 1820 g/mol. The van der Waals surface area contributed by atoms with E-state index in [-0.39, 0.29) is 82.8 Å². The fourth-order valence-corrected chi connectivity index (χ4v) is 10.3. The van der Waals surface area contributed by atoms with Crippen molar-refractivity contribution in [1.29, 1.82) is 0 Å². The SMILES string of the molecule is COc1cnc(C(C)(C)O)nc1.COc1cnc(C(C)O)nc1.COc1cnc(C(O)CO)nc1.COc1cnc(CCO)nc1.COc1cnc(CO)c(Cl)c1.COc1cnc(CO)nc1.COc1cnc(N2CC(O)C2)nc1.COc1cnc(NCC(O)CO)nc1.COc1cnc2c(CO)cnn2c1.COc1cnc2cc(CO)oc2c1.COc1cncc(S(=O)(=O)NCCO)c1. The van der Waals surface area contributed by atoms with Crippen molar-refractivity contribution in [2.24, 2.45) is 0 Å². The first-order valence-electron chi connectivity index (χ1n) is 39.7. The predicted molar refractivity (Wildman–Crippen MR) is 481 cm³/mol. The second-order valence-electron chi connectivity index (χ2n) is 26.6. The Kier molecular flexibility index (Phi) is 52.7. The fraction of sp³-hybridized carbons (Fsp3) is 0.386. The van der Waals surface area contributed by atoms with Gasteiger partial charge in [-0.15, -0.1) is 0 Å². The minimum Gasteiger partial charge on any atom is -0.495 e. The van der Waals surface area contributed by atoms with Crippen LogP contribution in [0.3, 0.4) is 0 Å². The average Bonchev–Trinajstić information content (AvgIpc) is 1.50. The summed E-state index contributed by atoms with van der Waals surface area (Å²) in [4.78, 5) is 72.3. The van der Waals surface area contributed by atoms with Crippen LogP contribution in [0.1, 0.15) is 79.1 Å². The van der Waals surface area contributed by atoms with Gasteiger partial charge in [0, 0.05) is 68.6 Å². The van der Waals surface area contributed by atoms with Gasteiger partial charge in [-0.3, -0.25) is 9.97 Å². The zero-order chi connectivity index (χ0) is 99.7. The van der Waals surface area contributed by atoms with Gasteiger partial charge in [0.05, 0.1) is 265 Å². The fourth-order valence-electron chi connectivity index (χ4n) is 9.12. The number of hydrogen-bond acceptors (Lipinski definition) is 48. The number of rotatable bonds is 30. The van der Waals surface area contributed by atoms with Gasteiger partial charge in [-0.1, -0.05) is 11.6 Å². The van der Waals surface area contributed by atoms with E-state index in [4.69, 9.17) is 129 Å². The average molecular weight is 1930 g/mol. The van der Waals surface area contributed by atoms with E-state index in [1.165, 1.54) is 122 Å². The smallest absolute Gasteiger partial charge is 0.242 e. The number of halogens is 1. The molecule has 0 bridgehead atoms. The van der Waals surface area contributed by atoms with E-state index in [0.29, 0.717) is 151 Å². The summed E-state index contributed by atoms with van der Waals surface area (Å²) in [5.41, 5.74) is 2.19. The summed E-state index contributed by atoms with van der Waals surface area (Å²) in [5, 5.41) is 122. The zero-order valence-corrected chi connectivity index (χ0v) is 77.7. The second kappa shape index (κ2) is 62.6. The molecule has 734 valence electrons. The summed E-state index contributed by atoms with van der Waals surface area (Å²) in [6.07, 6.45) is 29.9. The number of sulfonamides is 1. The lowest BCUT2D eigenvalue weighted by Crippen LogP contribution is -2.51. The molecule has 0 spiro atoms. The van der Waals surface area contributed by atoms with Gasteiger partial charge in [0.15, 0.2) is 80.5 Å². The molecule has 1 aliphatic heterocycles. The summed E-state index contributed by atoms with van der Waals surface area (Å²) in [7, 11) is 13.3. The number of aliphatic hydroxyl groups is 13. The molecule has 0 aliphatic carbocycles. The maximum atomic E-state index is 11.5. The lowest BCUT2D eigenvalue weighted by molar-refractivity contribution is 0.0685. The third kappa shape index (κ3) is 41.5. The van der Waals surface area contributed by atoms with Gasteiger partial charge < -0.3 is 133 Å². The number of hydrogen-bond donors (Lipinski definition) is 15. The second-order valence-corrected chi connectivity index (χ2v) is 28.7. The summed E-state index contributed by atoms with van der Waals surface area (Å²) in [6, 6.07) is 6.41. The minimum absolute atomic E-state index is 0.00954. The predicted octanol–water partition coefficient (Wildman–Crippen LogP) is 1.83. The summed E-state index contributed by atoms with van der Waals surface area (Å²) < 4.78 is 85.8. The van der Waals surface area contributed by atoms with Crippen molar-refractivity contribution in [3.05, 3.63) is 206 Å². The molecule has 14 heterocycles. The van der Waals surface area contributed by atoms with E-state index in [2.05, 4.69) is 105 Å². The van der Waals surface area contributed by atoms with Crippen molar-refractivity contribution < 1.29 is 131 Å². The molecular formula is C83H112ClN23O27S. The molecule has 0 radical (unpaired) electrons. The van der Waals surface area contributed by atoms with Gasteiger partial charge >= 0.3 is 0 Å². The molecule has 3 atom stereocenters. The van der Waals surface area contributed by atoms with Crippen LogP contribution in [0.15, 0.2) is 164 Å².